The molecule has 0 spiro atoms. The summed E-state index contributed by atoms with van der Waals surface area (Å²) in [5, 5.41) is 0.266. The Bertz CT molecular complexity index is 1140. The highest BCUT2D eigenvalue weighted by molar-refractivity contribution is 6.87. The van der Waals surface area contributed by atoms with E-state index in [2.05, 4.69) is 105 Å². The Hall–Kier alpha value is -2.92. The third kappa shape index (κ3) is 6.53. The van der Waals surface area contributed by atoms with Gasteiger partial charge in [0.2, 0.25) is 0 Å². The summed E-state index contributed by atoms with van der Waals surface area (Å²) in [6, 6.07) is 18.5. The Morgan fingerprint density at radius 3 is 1.74 bits per heavy atom. The Balaban J connectivity index is 1.85. The van der Waals surface area contributed by atoms with Crippen LogP contribution in [0.2, 0.25) is 18.1 Å². The fourth-order valence-corrected chi connectivity index (χ4v) is 3.92. The van der Waals surface area contributed by atoms with Gasteiger partial charge in [-0.3, -0.25) is 0 Å². The molecule has 31 heavy (non-hydrogen) atoms. The maximum atomic E-state index is 3.60. The van der Waals surface area contributed by atoms with Crippen LogP contribution in [0.3, 0.4) is 0 Å². The van der Waals surface area contributed by atoms with Crippen LogP contribution in [0.1, 0.15) is 63.1 Å². The van der Waals surface area contributed by atoms with Gasteiger partial charge in [0.05, 0.1) is 0 Å². The van der Waals surface area contributed by atoms with E-state index in [1.165, 1.54) is 24.0 Å². The zero-order chi connectivity index (χ0) is 22.3. The van der Waals surface area contributed by atoms with Crippen molar-refractivity contribution in [3.63, 3.8) is 0 Å². The standard InChI is InChI=1S/C30H32Si/c1-30(2,3)31(4,5)23-22-27-15-11-14-26(24-27)19-21-29-17-10-9-16-28(29)20-18-25-12-7-6-8-13-25/h6-8,11-15,24H,9-10,16-17H2,1-5H3. The van der Waals surface area contributed by atoms with Crippen molar-refractivity contribution < 1.29 is 0 Å². The molecule has 0 heterocycles. The Morgan fingerprint density at radius 2 is 1.16 bits per heavy atom. The van der Waals surface area contributed by atoms with E-state index in [1.54, 1.807) is 0 Å². The lowest BCUT2D eigenvalue weighted by Gasteiger charge is -2.31. The molecular formula is C30H32Si. The second kappa shape index (κ2) is 9.92. The first-order valence-electron chi connectivity index (χ1n) is 11.2. The molecule has 0 unspecified atom stereocenters. The lowest BCUT2D eigenvalue weighted by atomic mass is 9.92. The lowest BCUT2D eigenvalue weighted by Crippen LogP contribution is -2.35. The molecule has 1 aliphatic rings. The van der Waals surface area contributed by atoms with Gasteiger partial charge in [0.1, 0.15) is 8.07 Å². The van der Waals surface area contributed by atoms with Crippen molar-refractivity contribution in [2.45, 2.75) is 64.6 Å². The fourth-order valence-electron chi connectivity index (χ4n) is 3.09. The Morgan fingerprint density at radius 1 is 0.645 bits per heavy atom. The molecule has 2 aromatic rings. The van der Waals surface area contributed by atoms with Gasteiger partial charge < -0.3 is 0 Å². The molecule has 1 aliphatic carbocycles. The summed E-state index contributed by atoms with van der Waals surface area (Å²) in [7, 11) is -1.62. The van der Waals surface area contributed by atoms with Gasteiger partial charge in [-0.2, -0.15) is 0 Å². The molecule has 0 fully saturated rings. The minimum absolute atomic E-state index is 0.266. The van der Waals surface area contributed by atoms with Crippen molar-refractivity contribution in [3.05, 3.63) is 82.4 Å². The monoisotopic (exact) mass is 420 g/mol. The summed E-state index contributed by atoms with van der Waals surface area (Å²) in [6.07, 6.45) is 4.44. The largest absolute Gasteiger partial charge is 0.138 e. The second-order valence-corrected chi connectivity index (χ2v) is 14.7. The average Bonchev–Trinajstić information content (AvgIpc) is 2.76. The first kappa shape index (κ1) is 22.8. The molecule has 0 amide bonds. The van der Waals surface area contributed by atoms with Crippen molar-refractivity contribution in [2.24, 2.45) is 0 Å². The SMILES string of the molecule is CC(C)(C)[Si](C)(C)C#Cc1cccc(C#CC2=C(C#Cc3ccccc3)CCCC2)c1. The van der Waals surface area contributed by atoms with Crippen LogP contribution in [0.4, 0.5) is 0 Å². The Kier molecular flexibility index (Phi) is 7.28. The molecule has 0 atom stereocenters. The van der Waals surface area contributed by atoms with E-state index in [1.807, 2.05) is 18.2 Å². The predicted octanol–water partition coefficient (Wildman–Crippen LogP) is 7.36. The fraction of sp³-hybridized carbons (Fsp3) is 0.333. The van der Waals surface area contributed by atoms with Crippen molar-refractivity contribution in [1.29, 1.82) is 0 Å². The molecule has 156 valence electrons. The molecule has 0 aliphatic heterocycles. The maximum Gasteiger partial charge on any atom is 0.138 e. The van der Waals surface area contributed by atoms with Crippen LogP contribution in [0, 0.1) is 35.1 Å². The van der Waals surface area contributed by atoms with Gasteiger partial charge in [-0.25, -0.2) is 0 Å². The molecule has 0 aromatic heterocycles. The van der Waals surface area contributed by atoms with Crippen LogP contribution < -0.4 is 0 Å². The molecule has 1 heteroatoms. The quantitative estimate of drug-likeness (QED) is 0.308. The molecule has 0 radical (unpaired) electrons. The first-order chi connectivity index (χ1) is 14.7. The van der Waals surface area contributed by atoms with Crippen LogP contribution in [0.25, 0.3) is 0 Å². The van der Waals surface area contributed by atoms with Gasteiger partial charge in [-0.15, -0.1) is 5.54 Å². The smallest absolute Gasteiger partial charge is 0.126 e. The minimum Gasteiger partial charge on any atom is -0.126 e. The summed E-state index contributed by atoms with van der Waals surface area (Å²) in [6.45, 7) is 11.6. The van der Waals surface area contributed by atoms with Crippen molar-refractivity contribution in [3.8, 4) is 35.1 Å². The van der Waals surface area contributed by atoms with Crippen molar-refractivity contribution in [2.75, 3.05) is 0 Å². The van der Waals surface area contributed by atoms with Crippen LogP contribution in [0.15, 0.2) is 65.7 Å². The van der Waals surface area contributed by atoms with E-state index < -0.39 is 8.07 Å². The second-order valence-electron chi connectivity index (χ2n) is 9.74. The van der Waals surface area contributed by atoms with Gasteiger partial charge in [-0.1, -0.05) is 87.7 Å². The summed E-state index contributed by atoms with van der Waals surface area (Å²) in [5.41, 5.74) is 9.14. The van der Waals surface area contributed by atoms with E-state index in [0.717, 1.165) is 29.5 Å². The van der Waals surface area contributed by atoms with Crippen LogP contribution in [0.5, 0.6) is 0 Å². The van der Waals surface area contributed by atoms with Crippen LogP contribution in [-0.4, -0.2) is 8.07 Å². The summed E-state index contributed by atoms with van der Waals surface area (Å²) >= 11 is 0. The molecule has 3 rings (SSSR count). The predicted molar refractivity (Wildman–Crippen MR) is 136 cm³/mol. The topological polar surface area (TPSA) is 0 Å². The number of hydrogen-bond donors (Lipinski definition) is 0. The van der Waals surface area contributed by atoms with E-state index in [4.69, 9.17) is 0 Å². The first-order valence-corrected chi connectivity index (χ1v) is 14.2. The molecular weight excluding hydrogens is 388 g/mol. The van der Waals surface area contributed by atoms with E-state index in [0.29, 0.717) is 0 Å². The van der Waals surface area contributed by atoms with Gasteiger partial charge in [0.15, 0.2) is 0 Å². The molecule has 0 saturated carbocycles. The third-order valence-electron chi connectivity index (χ3n) is 6.21. The van der Waals surface area contributed by atoms with Gasteiger partial charge in [-0.05, 0) is 61.1 Å². The van der Waals surface area contributed by atoms with Crippen molar-refractivity contribution >= 4 is 8.07 Å². The van der Waals surface area contributed by atoms with E-state index in [-0.39, 0.29) is 5.04 Å². The lowest BCUT2D eigenvalue weighted by molar-refractivity contribution is 0.700. The summed E-state index contributed by atoms with van der Waals surface area (Å²) in [5.74, 6) is 16.9. The average molecular weight is 421 g/mol. The normalized spacial score (nSPS) is 13.8. The number of allylic oxidation sites excluding steroid dienone is 2. The zero-order valence-corrected chi connectivity index (χ0v) is 20.5. The number of rotatable bonds is 0. The molecule has 0 N–H and O–H groups in total. The minimum atomic E-state index is -1.62. The maximum absolute atomic E-state index is 3.60. The number of hydrogen-bond acceptors (Lipinski definition) is 0. The van der Waals surface area contributed by atoms with E-state index in [9.17, 15) is 0 Å². The zero-order valence-electron chi connectivity index (χ0n) is 19.5. The molecule has 0 nitrogen and oxygen atoms in total. The van der Waals surface area contributed by atoms with Gasteiger partial charge >= 0.3 is 0 Å². The van der Waals surface area contributed by atoms with Crippen LogP contribution >= 0.6 is 0 Å². The van der Waals surface area contributed by atoms with E-state index >= 15 is 0 Å². The third-order valence-corrected chi connectivity index (χ3v) is 10.7. The van der Waals surface area contributed by atoms with Crippen LogP contribution in [-0.2, 0) is 0 Å². The molecule has 2 aromatic carbocycles. The highest BCUT2D eigenvalue weighted by Crippen LogP contribution is 2.35. The number of benzene rings is 2. The van der Waals surface area contributed by atoms with Gasteiger partial charge in [0.25, 0.3) is 0 Å². The van der Waals surface area contributed by atoms with Gasteiger partial charge in [0, 0.05) is 27.8 Å². The molecule has 0 bridgehead atoms. The summed E-state index contributed by atoms with van der Waals surface area (Å²) < 4.78 is 0. The summed E-state index contributed by atoms with van der Waals surface area (Å²) in [4.78, 5) is 0. The van der Waals surface area contributed by atoms with Crippen molar-refractivity contribution in [1.82, 2.24) is 0 Å². The highest BCUT2D eigenvalue weighted by atomic mass is 28.3. The Labute approximate surface area is 190 Å². The highest BCUT2D eigenvalue weighted by Gasteiger charge is 2.33. The molecule has 0 saturated heterocycles.